The molecule has 1 aliphatic carbocycles. The summed E-state index contributed by atoms with van der Waals surface area (Å²) in [4.78, 5) is 14.9. The lowest BCUT2D eigenvalue weighted by molar-refractivity contribution is 0.0916. The first kappa shape index (κ1) is 14.4. The Hall–Kier alpha value is -1.49. The monoisotopic (exact) mass is 290 g/mol. The summed E-state index contributed by atoms with van der Waals surface area (Å²) in [5.74, 6) is 0.00288. The average molecular weight is 290 g/mol. The molecule has 0 bridgehead atoms. The third-order valence-electron chi connectivity index (χ3n) is 4.40. The summed E-state index contributed by atoms with van der Waals surface area (Å²) < 4.78 is 2.04. The van der Waals surface area contributed by atoms with Crippen molar-refractivity contribution in [3.05, 3.63) is 18.0 Å². The molecule has 1 atom stereocenters. The molecule has 0 radical (unpaired) electrons. The van der Waals surface area contributed by atoms with Gasteiger partial charge >= 0.3 is 0 Å². The topological polar surface area (TPSA) is 63.3 Å². The van der Waals surface area contributed by atoms with E-state index >= 15 is 0 Å². The molecule has 0 aromatic carbocycles. The van der Waals surface area contributed by atoms with E-state index in [2.05, 4.69) is 17.1 Å². The van der Waals surface area contributed by atoms with Gasteiger partial charge in [-0.15, -0.1) is 0 Å². The summed E-state index contributed by atoms with van der Waals surface area (Å²) in [5.41, 5.74) is 7.24. The van der Waals surface area contributed by atoms with Gasteiger partial charge in [-0.25, -0.2) is 0 Å². The number of carbonyl (C=O) groups is 1. The predicted octanol–water partition coefficient (Wildman–Crippen LogP) is 2.01. The maximum absolute atomic E-state index is 12.5. The quantitative estimate of drug-likeness (QED) is 0.872. The van der Waals surface area contributed by atoms with E-state index < -0.39 is 0 Å². The van der Waals surface area contributed by atoms with E-state index in [-0.39, 0.29) is 11.9 Å². The molecule has 1 unspecified atom stereocenters. The Bertz CT molecular complexity index is 500. The van der Waals surface area contributed by atoms with Gasteiger partial charge in [0.15, 0.2) is 0 Å². The van der Waals surface area contributed by atoms with Crippen LogP contribution in [0, 0.1) is 0 Å². The van der Waals surface area contributed by atoms with E-state index in [1.807, 2.05) is 10.8 Å². The van der Waals surface area contributed by atoms with Crippen LogP contribution < -0.4 is 11.1 Å². The van der Waals surface area contributed by atoms with Crippen LogP contribution in [0.1, 0.15) is 55.6 Å². The summed E-state index contributed by atoms with van der Waals surface area (Å²) in [6.45, 7) is 5.34. The number of hydrogen-bond acceptors (Lipinski definition) is 3. The van der Waals surface area contributed by atoms with E-state index in [9.17, 15) is 4.79 Å². The fourth-order valence-electron chi connectivity index (χ4n) is 3.21. The highest BCUT2D eigenvalue weighted by Crippen LogP contribution is 2.37. The van der Waals surface area contributed by atoms with Crippen LogP contribution >= 0.6 is 0 Å². The molecule has 5 heteroatoms. The number of rotatable bonds is 5. The number of nitrogens with zero attached hydrogens (tertiary/aromatic N) is 2. The normalized spacial score (nSPS) is 21.2. The van der Waals surface area contributed by atoms with Crippen LogP contribution in [0.15, 0.2) is 12.3 Å². The van der Waals surface area contributed by atoms with Crippen molar-refractivity contribution in [1.29, 1.82) is 0 Å². The first-order valence-electron chi connectivity index (χ1n) is 8.14. The van der Waals surface area contributed by atoms with E-state index in [1.165, 1.54) is 19.3 Å². The van der Waals surface area contributed by atoms with Crippen LogP contribution in [0.2, 0.25) is 0 Å². The van der Waals surface area contributed by atoms with Gasteiger partial charge in [0.2, 0.25) is 0 Å². The van der Waals surface area contributed by atoms with Crippen LogP contribution in [-0.4, -0.2) is 41.1 Å². The molecule has 1 aliphatic heterocycles. The summed E-state index contributed by atoms with van der Waals surface area (Å²) in [5, 5.41) is 3.12. The smallest absolute Gasteiger partial charge is 0.268 e. The Morgan fingerprint density at radius 1 is 1.38 bits per heavy atom. The SMILES string of the molecule is CC(CN1CCCCC1)NC(=O)c1cc(N)cn1C1CC1. The highest BCUT2D eigenvalue weighted by atomic mass is 16.2. The molecule has 0 spiro atoms. The molecule has 1 saturated carbocycles. The molecule has 5 nitrogen and oxygen atoms in total. The summed E-state index contributed by atoms with van der Waals surface area (Å²) in [7, 11) is 0. The van der Waals surface area contributed by atoms with Gasteiger partial charge in [-0.3, -0.25) is 4.79 Å². The van der Waals surface area contributed by atoms with Gasteiger partial charge in [-0.05, 0) is 51.8 Å². The highest BCUT2D eigenvalue weighted by Gasteiger charge is 2.28. The molecule has 2 heterocycles. The molecule has 1 amide bonds. The van der Waals surface area contributed by atoms with Gasteiger partial charge in [0.05, 0.1) is 5.69 Å². The summed E-state index contributed by atoms with van der Waals surface area (Å²) in [6.07, 6.45) is 8.09. The van der Waals surface area contributed by atoms with Crippen molar-refractivity contribution in [2.45, 2.75) is 51.1 Å². The number of nitrogens with one attached hydrogen (secondary N) is 1. The van der Waals surface area contributed by atoms with Crippen LogP contribution in [-0.2, 0) is 0 Å². The van der Waals surface area contributed by atoms with Crippen LogP contribution in [0.5, 0.6) is 0 Å². The minimum atomic E-state index is 0.00288. The van der Waals surface area contributed by atoms with Crippen molar-refractivity contribution in [3.63, 3.8) is 0 Å². The lowest BCUT2D eigenvalue weighted by Crippen LogP contribution is -2.44. The predicted molar refractivity (Wildman–Crippen MR) is 84.3 cm³/mol. The molecule has 2 fully saturated rings. The van der Waals surface area contributed by atoms with E-state index in [0.717, 1.165) is 32.5 Å². The van der Waals surface area contributed by atoms with Gasteiger partial charge in [0, 0.05) is 24.8 Å². The van der Waals surface area contributed by atoms with Crippen molar-refractivity contribution in [3.8, 4) is 0 Å². The van der Waals surface area contributed by atoms with Gasteiger partial charge in [-0.1, -0.05) is 6.42 Å². The van der Waals surface area contributed by atoms with Crippen molar-refractivity contribution in [1.82, 2.24) is 14.8 Å². The number of nitrogens with two attached hydrogens (primary N) is 1. The molecule has 3 rings (SSSR count). The zero-order valence-corrected chi connectivity index (χ0v) is 12.8. The third-order valence-corrected chi connectivity index (χ3v) is 4.40. The maximum atomic E-state index is 12.5. The molecular weight excluding hydrogens is 264 g/mol. The van der Waals surface area contributed by atoms with Crippen LogP contribution in [0.4, 0.5) is 5.69 Å². The van der Waals surface area contributed by atoms with Gasteiger partial charge in [-0.2, -0.15) is 0 Å². The Balaban J connectivity index is 1.57. The maximum Gasteiger partial charge on any atom is 0.268 e. The van der Waals surface area contributed by atoms with Crippen molar-refractivity contribution in [2.24, 2.45) is 0 Å². The average Bonchev–Trinajstić information content (AvgIpc) is 3.22. The number of likely N-dealkylation sites (tertiary alicyclic amines) is 1. The first-order valence-corrected chi connectivity index (χ1v) is 8.14. The molecule has 1 aromatic rings. The second-order valence-electron chi connectivity index (χ2n) is 6.53. The highest BCUT2D eigenvalue weighted by molar-refractivity contribution is 5.94. The number of nitrogen functional groups attached to an aromatic ring is 1. The van der Waals surface area contributed by atoms with Crippen molar-refractivity contribution >= 4 is 11.6 Å². The number of amides is 1. The molecule has 2 aliphatic rings. The minimum Gasteiger partial charge on any atom is -0.397 e. The van der Waals surface area contributed by atoms with E-state index in [1.54, 1.807) is 6.07 Å². The second kappa shape index (κ2) is 6.10. The summed E-state index contributed by atoms with van der Waals surface area (Å²) >= 11 is 0. The zero-order valence-electron chi connectivity index (χ0n) is 12.8. The number of hydrogen-bond donors (Lipinski definition) is 2. The van der Waals surface area contributed by atoms with Crippen molar-refractivity contribution < 1.29 is 4.79 Å². The molecule has 1 saturated heterocycles. The molecule has 116 valence electrons. The number of piperidine rings is 1. The minimum absolute atomic E-state index is 0.00288. The molecular formula is C16H26N4O. The van der Waals surface area contributed by atoms with Gasteiger partial charge in [0.1, 0.15) is 5.69 Å². The van der Waals surface area contributed by atoms with E-state index in [4.69, 9.17) is 5.73 Å². The Morgan fingerprint density at radius 2 is 2.10 bits per heavy atom. The zero-order chi connectivity index (χ0) is 14.8. The second-order valence-corrected chi connectivity index (χ2v) is 6.53. The standard InChI is InChI=1S/C16H26N4O/c1-12(10-19-7-3-2-4-8-19)18-16(21)15-9-13(17)11-20(15)14-5-6-14/h9,11-12,14H,2-8,10,17H2,1H3,(H,18,21). The first-order chi connectivity index (χ1) is 10.1. The Labute approximate surface area is 126 Å². The largest absolute Gasteiger partial charge is 0.397 e. The molecule has 21 heavy (non-hydrogen) atoms. The Kier molecular flexibility index (Phi) is 4.19. The third kappa shape index (κ3) is 3.59. The van der Waals surface area contributed by atoms with Crippen LogP contribution in [0.3, 0.4) is 0 Å². The Morgan fingerprint density at radius 3 is 2.76 bits per heavy atom. The van der Waals surface area contributed by atoms with Crippen LogP contribution in [0.25, 0.3) is 0 Å². The lowest BCUT2D eigenvalue weighted by Gasteiger charge is -2.29. The number of anilines is 1. The summed E-state index contributed by atoms with van der Waals surface area (Å²) in [6, 6.07) is 2.43. The van der Waals surface area contributed by atoms with Crippen molar-refractivity contribution in [2.75, 3.05) is 25.4 Å². The molecule has 1 aromatic heterocycles. The fourth-order valence-corrected chi connectivity index (χ4v) is 3.21. The van der Waals surface area contributed by atoms with Gasteiger partial charge < -0.3 is 20.5 Å². The lowest BCUT2D eigenvalue weighted by atomic mass is 10.1. The van der Waals surface area contributed by atoms with E-state index in [0.29, 0.717) is 17.4 Å². The number of carbonyl (C=O) groups excluding carboxylic acids is 1. The fraction of sp³-hybridized carbons (Fsp3) is 0.688. The van der Waals surface area contributed by atoms with Gasteiger partial charge in [0.25, 0.3) is 5.91 Å². The molecule has 3 N–H and O–H groups in total. The number of aromatic nitrogens is 1.